The lowest BCUT2D eigenvalue weighted by atomic mass is 9.93. The first-order valence-corrected chi connectivity index (χ1v) is 21.3. The van der Waals surface area contributed by atoms with Crippen molar-refractivity contribution in [2.45, 2.75) is 0 Å². The van der Waals surface area contributed by atoms with E-state index in [0.29, 0.717) is 5.82 Å². The number of para-hydroxylation sites is 2. The van der Waals surface area contributed by atoms with Crippen LogP contribution < -0.4 is 0 Å². The van der Waals surface area contributed by atoms with Crippen molar-refractivity contribution in [3.8, 4) is 73.1 Å². The molecule has 63 heavy (non-hydrogen) atoms. The van der Waals surface area contributed by atoms with E-state index < -0.39 is 0 Å². The topological polar surface area (TPSA) is 43.6 Å². The number of rotatable bonds is 7. The minimum atomic E-state index is 0.695. The average Bonchev–Trinajstić information content (AvgIpc) is 3.71. The van der Waals surface area contributed by atoms with Crippen LogP contribution in [-0.4, -0.2) is 19.5 Å². The molecule has 0 unspecified atom stereocenters. The average molecular weight is 803 g/mol. The van der Waals surface area contributed by atoms with Gasteiger partial charge >= 0.3 is 0 Å². The van der Waals surface area contributed by atoms with Gasteiger partial charge in [-0.15, -0.1) is 0 Å². The highest BCUT2D eigenvalue weighted by molar-refractivity contribution is 6.14. The summed E-state index contributed by atoms with van der Waals surface area (Å²) >= 11 is 0. The summed E-state index contributed by atoms with van der Waals surface area (Å²) in [5.74, 6) is 0.695. The van der Waals surface area contributed by atoms with E-state index in [0.717, 1.165) is 67.1 Å². The molecule has 4 nitrogen and oxygen atoms in total. The van der Waals surface area contributed by atoms with Crippen molar-refractivity contribution in [3.63, 3.8) is 0 Å². The fourth-order valence-corrected chi connectivity index (χ4v) is 9.12. The number of nitrogens with zero attached hydrogens (tertiary/aromatic N) is 4. The van der Waals surface area contributed by atoms with Crippen LogP contribution in [0.2, 0.25) is 0 Å². The van der Waals surface area contributed by atoms with Gasteiger partial charge in [0, 0.05) is 44.1 Å². The molecule has 0 bridgehead atoms. The molecule has 3 aromatic heterocycles. The molecule has 294 valence electrons. The van der Waals surface area contributed by atoms with Crippen molar-refractivity contribution < 1.29 is 0 Å². The minimum Gasteiger partial charge on any atom is -0.309 e. The van der Waals surface area contributed by atoms with Crippen molar-refractivity contribution in [2.75, 3.05) is 0 Å². The normalized spacial score (nSPS) is 11.5. The number of pyridine rings is 1. The molecule has 0 aliphatic rings. The highest BCUT2D eigenvalue weighted by Gasteiger charge is 2.16. The quantitative estimate of drug-likeness (QED) is 0.151. The molecule has 12 aromatic rings. The molecule has 0 radical (unpaired) electrons. The van der Waals surface area contributed by atoms with E-state index in [1.54, 1.807) is 0 Å². The maximum absolute atomic E-state index is 5.17. The second-order valence-electron chi connectivity index (χ2n) is 16.0. The minimum absolute atomic E-state index is 0.695. The molecule has 0 N–H and O–H groups in total. The van der Waals surface area contributed by atoms with Gasteiger partial charge in [0.2, 0.25) is 0 Å². The summed E-state index contributed by atoms with van der Waals surface area (Å²) < 4.78 is 2.34. The van der Waals surface area contributed by atoms with Gasteiger partial charge in [-0.3, -0.25) is 0 Å². The number of hydrogen-bond donors (Lipinski definition) is 0. The Morgan fingerprint density at radius 1 is 0.302 bits per heavy atom. The molecule has 0 aliphatic carbocycles. The molecule has 0 amide bonds. The molecule has 4 heteroatoms. The van der Waals surface area contributed by atoms with Gasteiger partial charge in [-0.05, 0) is 81.6 Å². The molecule has 0 spiro atoms. The van der Waals surface area contributed by atoms with E-state index in [4.69, 9.17) is 15.0 Å². The molecule has 0 fully saturated rings. The molecule has 0 atom stereocenters. The molecule has 0 saturated carbocycles. The maximum atomic E-state index is 5.17. The second-order valence-corrected chi connectivity index (χ2v) is 16.0. The van der Waals surface area contributed by atoms with Crippen LogP contribution >= 0.6 is 0 Å². The van der Waals surface area contributed by atoms with Crippen molar-refractivity contribution in [1.29, 1.82) is 0 Å². The van der Waals surface area contributed by atoms with Gasteiger partial charge in [0.15, 0.2) is 5.82 Å². The highest BCUT2D eigenvalue weighted by atomic mass is 15.0. The Hall–Kier alpha value is -8.47. The van der Waals surface area contributed by atoms with Gasteiger partial charge in [-0.2, -0.15) is 0 Å². The number of hydrogen-bond acceptors (Lipinski definition) is 3. The zero-order valence-corrected chi connectivity index (χ0v) is 34.2. The van der Waals surface area contributed by atoms with Crippen LogP contribution in [0.4, 0.5) is 0 Å². The summed E-state index contributed by atoms with van der Waals surface area (Å²) in [6, 6.07) is 81.5. The Labute approximate surface area is 365 Å². The first kappa shape index (κ1) is 36.4. The van der Waals surface area contributed by atoms with Crippen LogP contribution in [0.15, 0.2) is 231 Å². The molecule has 0 aliphatic heterocycles. The number of fused-ring (bicyclic) bond motifs is 6. The van der Waals surface area contributed by atoms with Crippen LogP contribution in [0.1, 0.15) is 0 Å². The largest absolute Gasteiger partial charge is 0.309 e. The van der Waals surface area contributed by atoms with Gasteiger partial charge in [-0.25, -0.2) is 15.0 Å². The third kappa shape index (κ3) is 6.53. The van der Waals surface area contributed by atoms with E-state index in [1.165, 1.54) is 43.7 Å². The van der Waals surface area contributed by atoms with Crippen molar-refractivity contribution in [2.24, 2.45) is 0 Å². The van der Waals surface area contributed by atoms with E-state index in [2.05, 4.69) is 211 Å². The van der Waals surface area contributed by atoms with Gasteiger partial charge in [0.25, 0.3) is 0 Å². The van der Waals surface area contributed by atoms with E-state index in [1.807, 2.05) is 24.3 Å². The third-order valence-corrected chi connectivity index (χ3v) is 12.2. The Bertz CT molecular complexity index is 3580. The van der Waals surface area contributed by atoms with Crippen LogP contribution in [0.3, 0.4) is 0 Å². The van der Waals surface area contributed by atoms with E-state index in [9.17, 15) is 0 Å². The Morgan fingerprint density at radius 2 is 0.794 bits per heavy atom. The molecular weight excluding hydrogens is 765 g/mol. The van der Waals surface area contributed by atoms with Crippen molar-refractivity contribution in [1.82, 2.24) is 19.5 Å². The van der Waals surface area contributed by atoms with Gasteiger partial charge in [0.05, 0.1) is 33.6 Å². The van der Waals surface area contributed by atoms with Crippen LogP contribution in [0, 0.1) is 0 Å². The van der Waals surface area contributed by atoms with Gasteiger partial charge in [0.1, 0.15) is 0 Å². The number of benzene rings is 9. The molecule has 3 heterocycles. The monoisotopic (exact) mass is 802 g/mol. The Balaban J connectivity index is 0.907. The summed E-state index contributed by atoms with van der Waals surface area (Å²) in [4.78, 5) is 15.4. The lowest BCUT2D eigenvalue weighted by Gasteiger charge is -2.14. The fraction of sp³-hybridized carbons (Fsp3) is 0. The second kappa shape index (κ2) is 15.2. The van der Waals surface area contributed by atoms with Gasteiger partial charge < -0.3 is 4.57 Å². The maximum Gasteiger partial charge on any atom is 0.160 e. The Kier molecular flexibility index (Phi) is 8.79. The summed E-state index contributed by atoms with van der Waals surface area (Å²) in [6.07, 6.45) is 0. The number of aromatic nitrogens is 4. The Morgan fingerprint density at radius 3 is 1.43 bits per heavy atom. The highest BCUT2D eigenvalue weighted by Crippen LogP contribution is 2.39. The van der Waals surface area contributed by atoms with Crippen molar-refractivity contribution in [3.05, 3.63) is 231 Å². The van der Waals surface area contributed by atoms with Crippen LogP contribution in [0.25, 0.3) is 117 Å². The predicted octanol–water partition coefficient (Wildman–Crippen LogP) is 15.3. The third-order valence-electron chi connectivity index (χ3n) is 12.2. The zero-order chi connectivity index (χ0) is 41.7. The summed E-state index contributed by atoms with van der Waals surface area (Å²) in [6.45, 7) is 0. The molecule has 12 rings (SSSR count). The summed E-state index contributed by atoms with van der Waals surface area (Å²) in [7, 11) is 0. The van der Waals surface area contributed by atoms with Crippen molar-refractivity contribution >= 4 is 43.5 Å². The standard InChI is InChI=1S/C59H38N4/c1-4-14-40(15-5-1)51-37-53(41-16-6-2-7-17-41)60-52-35-31-46-36-45(30-34-48(46)58(51)52)39-24-26-42(27-25-39)54-38-55(62-59(61-54)44-18-8-3-9-19-44)43-28-32-47(33-29-43)63-56-22-12-10-20-49(56)50-21-11-13-23-57(50)63/h1-38H. The lowest BCUT2D eigenvalue weighted by molar-refractivity contribution is 1.17. The molecule has 0 saturated heterocycles. The van der Waals surface area contributed by atoms with E-state index in [-0.39, 0.29) is 0 Å². The van der Waals surface area contributed by atoms with Gasteiger partial charge in [-0.1, -0.05) is 182 Å². The summed E-state index contributed by atoms with van der Waals surface area (Å²) in [5, 5.41) is 6.02. The fourth-order valence-electron chi connectivity index (χ4n) is 9.12. The summed E-state index contributed by atoms with van der Waals surface area (Å²) in [5.41, 5.74) is 16.0. The smallest absolute Gasteiger partial charge is 0.160 e. The van der Waals surface area contributed by atoms with Crippen LogP contribution in [-0.2, 0) is 0 Å². The van der Waals surface area contributed by atoms with E-state index >= 15 is 0 Å². The molecular formula is C59H38N4. The predicted molar refractivity (Wildman–Crippen MR) is 262 cm³/mol. The zero-order valence-electron chi connectivity index (χ0n) is 34.2. The molecule has 9 aromatic carbocycles. The first-order chi connectivity index (χ1) is 31.2. The SMILES string of the molecule is c1ccc(-c2cc(-c3ccccc3)c3c(ccc4cc(-c5ccc(-c6cc(-c7ccc(-n8c9ccccc9c9ccccc98)cc7)nc(-c7ccccc7)n6)cc5)ccc43)n2)cc1. The lowest BCUT2D eigenvalue weighted by Crippen LogP contribution is -1.97. The van der Waals surface area contributed by atoms with Crippen LogP contribution in [0.5, 0.6) is 0 Å². The first-order valence-electron chi connectivity index (χ1n) is 21.3.